The fraction of sp³-hybridized carbons (Fsp3) is 0.145. The molecule has 0 atom stereocenters. The molecule has 0 fully saturated rings. The fourth-order valence-corrected chi connectivity index (χ4v) is 10.3. The van der Waals surface area contributed by atoms with Crippen LogP contribution in [0.5, 0.6) is 0 Å². The van der Waals surface area contributed by atoms with Crippen LogP contribution in [0.4, 0.5) is 0 Å². The van der Waals surface area contributed by atoms with Gasteiger partial charge in [0.05, 0.1) is 22.1 Å². The van der Waals surface area contributed by atoms with Crippen molar-refractivity contribution in [3.05, 3.63) is 175 Å². The maximum absolute atomic E-state index is 5.43. The third-order valence-electron chi connectivity index (χ3n) is 13.4. The van der Waals surface area contributed by atoms with Crippen molar-refractivity contribution < 1.29 is 0 Å². The molecule has 5 heteroatoms. The Labute approximate surface area is 348 Å². The lowest BCUT2D eigenvalue weighted by Crippen LogP contribution is -2.34. The number of fused-ring (bicyclic) bond motifs is 11. The molecule has 0 bridgehead atoms. The molecule has 0 unspecified atom stereocenters. The number of nitrogens with zero attached hydrogens (tertiary/aromatic N) is 5. The molecule has 0 saturated carbocycles. The molecular weight excluding hydrogens is 731 g/mol. The number of hydrogen-bond acceptors (Lipinski definition) is 3. The second-order valence-electron chi connectivity index (χ2n) is 17.9. The van der Waals surface area contributed by atoms with E-state index in [1.165, 1.54) is 54.8 Å². The van der Waals surface area contributed by atoms with Crippen LogP contribution in [-0.4, -0.2) is 24.1 Å². The van der Waals surface area contributed by atoms with Gasteiger partial charge in [0, 0.05) is 38.4 Å². The lowest BCUT2D eigenvalue weighted by Gasteiger charge is -2.42. The maximum Gasteiger partial charge on any atom is 0.238 e. The molecule has 5 nitrogen and oxygen atoms in total. The largest absolute Gasteiger partial charge is 0.309 e. The lowest BCUT2D eigenvalue weighted by molar-refractivity contribution is 0.334. The molecule has 0 aliphatic heterocycles. The van der Waals surface area contributed by atoms with Crippen molar-refractivity contribution in [2.45, 2.75) is 51.4 Å². The summed E-state index contributed by atoms with van der Waals surface area (Å²) >= 11 is 0. The molecule has 0 saturated heterocycles. The summed E-state index contributed by atoms with van der Waals surface area (Å²) in [6.45, 7) is 9.72. The van der Waals surface area contributed by atoms with Gasteiger partial charge in [0.2, 0.25) is 5.95 Å². The highest BCUT2D eigenvalue weighted by Gasteiger charge is 2.40. The summed E-state index contributed by atoms with van der Waals surface area (Å²) in [5.41, 5.74) is 10.7. The summed E-state index contributed by atoms with van der Waals surface area (Å²) in [4.78, 5) is 16.0. The van der Waals surface area contributed by atoms with Gasteiger partial charge in [-0.3, -0.25) is 4.57 Å². The van der Waals surface area contributed by atoms with Crippen molar-refractivity contribution in [1.82, 2.24) is 24.1 Å². The molecule has 0 spiro atoms. The molecule has 0 radical (unpaired) electrons. The zero-order valence-corrected chi connectivity index (χ0v) is 34.2. The van der Waals surface area contributed by atoms with Crippen molar-refractivity contribution in [2.75, 3.05) is 0 Å². The van der Waals surface area contributed by atoms with Crippen LogP contribution in [0.3, 0.4) is 0 Å². The van der Waals surface area contributed by atoms with Crippen LogP contribution in [0.15, 0.2) is 164 Å². The predicted molar refractivity (Wildman–Crippen MR) is 250 cm³/mol. The standard InChI is InChI=1S/C55H43N5/c1-54(2)30-31-55(3,4)49-44(54)28-27-40-42-32-47-43(33-46(42)59(50(40)49)37-21-9-6-10-22-37)48-39-24-14-12-17-35(39)26-29-45(48)60(47)53-57-51(36-18-7-5-8-19-36)56-52(58-53)41-25-15-20-34-16-11-13-23-38(34)41/h5-29,32-33H,30-31H2,1-4H3. The zero-order valence-electron chi connectivity index (χ0n) is 34.2. The number of benzene rings is 8. The third kappa shape index (κ3) is 5.08. The lowest BCUT2D eigenvalue weighted by atomic mass is 9.62. The number of aromatic nitrogens is 5. The van der Waals surface area contributed by atoms with E-state index in [1.807, 2.05) is 18.2 Å². The summed E-state index contributed by atoms with van der Waals surface area (Å²) in [6.07, 6.45) is 2.29. The van der Waals surface area contributed by atoms with E-state index in [9.17, 15) is 0 Å². The molecule has 3 heterocycles. The molecule has 3 aromatic heterocycles. The van der Waals surface area contributed by atoms with E-state index in [0.717, 1.165) is 51.2 Å². The molecular formula is C55H43N5. The van der Waals surface area contributed by atoms with Gasteiger partial charge in [-0.05, 0) is 86.7 Å². The Morgan fingerprint density at radius 2 is 1.08 bits per heavy atom. The zero-order chi connectivity index (χ0) is 40.3. The quantitative estimate of drug-likeness (QED) is 0.179. The molecule has 0 N–H and O–H groups in total. The first kappa shape index (κ1) is 34.9. The van der Waals surface area contributed by atoms with Gasteiger partial charge in [0.15, 0.2) is 11.6 Å². The molecule has 8 aromatic carbocycles. The van der Waals surface area contributed by atoms with Gasteiger partial charge in [-0.15, -0.1) is 0 Å². The van der Waals surface area contributed by atoms with Gasteiger partial charge in [0.25, 0.3) is 0 Å². The molecule has 1 aliphatic rings. The minimum absolute atomic E-state index is 0.000432. The summed E-state index contributed by atoms with van der Waals surface area (Å²) < 4.78 is 4.84. The average molecular weight is 774 g/mol. The van der Waals surface area contributed by atoms with Crippen LogP contribution in [0, 0.1) is 0 Å². The van der Waals surface area contributed by atoms with Gasteiger partial charge in [-0.1, -0.05) is 161 Å². The average Bonchev–Trinajstić information content (AvgIpc) is 3.79. The molecule has 0 amide bonds. The Balaban J connectivity index is 1.25. The number of para-hydroxylation sites is 1. The fourth-order valence-electron chi connectivity index (χ4n) is 10.3. The van der Waals surface area contributed by atoms with Crippen molar-refractivity contribution in [1.29, 1.82) is 0 Å². The van der Waals surface area contributed by atoms with E-state index in [4.69, 9.17) is 15.0 Å². The van der Waals surface area contributed by atoms with Crippen LogP contribution in [0.1, 0.15) is 51.7 Å². The Morgan fingerprint density at radius 3 is 1.88 bits per heavy atom. The summed E-state index contributed by atoms with van der Waals surface area (Å²) in [5.74, 6) is 1.87. The summed E-state index contributed by atoms with van der Waals surface area (Å²) in [7, 11) is 0. The van der Waals surface area contributed by atoms with Gasteiger partial charge in [0.1, 0.15) is 0 Å². The second kappa shape index (κ2) is 12.7. The normalized spacial score (nSPS) is 14.8. The first-order valence-corrected chi connectivity index (χ1v) is 21.1. The maximum atomic E-state index is 5.43. The first-order valence-electron chi connectivity index (χ1n) is 21.1. The van der Waals surface area contributed by atoms with E-state index in [0.29, 0.717) is 17.6 Å². The highest BCUT2D eigenvalue weighted by Crippen LogP contribution is 2.51. The van der Waals surface area contributed by atoms with Crippen molar-refractivity contribution >= 4 is 65.2 Å². The Hall–Kier alpha value is -7.11. The Kier molecular flexibility index (Phi) is 7.38. The highest BCUT2D eigenvalue weighted by molar-refractivity contribution is 6.25. The van der Waals surface area contributed by atoms with E-state index in [2.05, 4.69) is 182 Å². The predicted octanol–water partition coefficient (Wildman–Crippen LogP) is 14.1. The second-order valence-corrected chi connectivity index (χ2v) is 17.9. The van der Waals surface area contributed by atoms with Crippen LogP contribution in [0.25, 0.3) is 99.6 Å². The van der Waals surface area contributed by atoms with Gasteiger partial charge in [-0.25, -0.2) is 4.98 Å². The minimum Gasteiger partial charge on any atom is -0.309 e. The van der Waals surface area contributed by atoms with Gasteiger partial charge in [-0.2, -0.15) is 9.97 Å². The summed E-state index contributed by atoms with van der Waals surface area (Å²) in [6, 6.07) is 59.0. The van der Waals surface area contributed by atoms with Crippen LogP contribution >= 0.6 is 0 Å². The first-order chi connectivity index (χ1) is 29.2. The Morgan fingerprint density at radius 1 is 0.450 bits per heavy atom. The van der Waals surface area contributed by atoms with Gasteiger partial charge < -0.3 is 4.57 Å². The van der Waals surface area contributed by atoms with Crippen molar-refractivity contribution in [3.63, 3.8) is 0 Å². The minimum atomic E-state index is -0.000432. The topological polar surface area (TPSA) is 48.5 Å². The SMILES string of the molecule is CC1(C)CCC(C)(C)c2c1ccc1c3cc4c(cc3n(-c3ccccc3)c21)c1c2ccccc2ccc1n4-c1nc(-c2ccccc2)nc(-c2cccc3ccccc23)n1. The van der Waals surface area contributed by atoms with Crippen LogP contribution in [-0.2, 0) is 10.8 Å². The molecule has 12 rings (SSSR count). The van der Waals surface area contributed by atoms with Crippen LogP contribution in [0.2, 0.25) is 0 Å². The van der Waals surface area contributed by atoms with Crippen molar-refractivity contribution in [2.24, 2.45) is 0 Å². The monoisotopic (exact) mass is 773 g/mol. The highest BCUT2D eigenvalue weighted by atomic mass is 15.2. The number of hydrogen-bond donors (Lipinski definition) is 0. The smallest absolute Gasteiger partial charge is 0.238 e. The van der Waals surface area contributed by atoms with Gasteiger partial charge >= 0.3 is 0 Å². The van der Waals surface area contributed by atoms with E-state index in [-0.39, 0.29) is 10.8 Å². The Bertz CT molecular complexity index is 3530. The third-order valence-corrected chi connectivity index (χ3v) is 13.4. The molecule has 11 aromatic rings. The molecule has 60 heavy (non-hydrogen) atoms. The molecule has 288 valence electrons. The van der Waals surface area contributed by atoms with Crippen LogP contribution < -0.4 is 0 Å². The number of rotatable bonds is 4. The van der Waals surface area contributed by atoms with E-state index < -0.39 is 0 Å². The van der Waals surface area contributed by atoms with E-state index in [1.54, 1.807) is 0 Å². The van der Waals surface area contributed by atoms with E-state index >= 15 is 0 Å². The summed E-state index contributed by atoms with van der Waals surface area (Å²) in [5, 5.41) is 9.47. The molecule has 1 aliphatic carbocycles. The van der Waals surface area contributed by atoms with Crippen molar-refractivity contribution in [3.8, 4) is 34.4 Å².